The number of Topliss-reactive ketones (excluding diaryl/α,β-unsaturated/α-hetero) is 1. The van der Waals surface area contributed by atoms with E-state index in [0.717, 1.165) is 22.2 Å². The smallest absolute Gasteiger partial charge is 0.252 e. The second-order valence-electron chi connectivity index (χ2n) is 12.1. The van der Waals surface area contributed by atoms with Crippen molar-refractivity contribution in [2.45, 2.75) is 51.5 Å². The number of amides is 2. The number of nitrogens with one attached hydrogen (secondary N) is 3. The van der Waals surface area contributed by atoms with Crippen molar-refractivity contribution in [2.24, 2.45) is 0 Å². The van der Waals surface area contributed by atoms with E-state index in [9.17, 15) is 14.9 Å². The third kappa shape index (κ3) is 6.64. The minimum absolute atomic E-state index is 0. The number of nitrogens with zero attached hydrogens (tertiary/aromatic N) is 4. The highest BCUT2D eigenvalue weighted by Crippen LogP contribution is 2.44. The van der Waals surface area contributed by atoms with E-state index in [2.05, 4.69) is 26.7 Å². The molecule has 11 heteroatoms. The molecule has 0 saturated carbocycles. The van der Waals surface area contributed by atoms with Crippen molar-refractivity contribution >= 4 is 52.3 Å². The summed E-state index contributed by atoms with van der Waals surface area (Å²) >= 11 is 0. The number of likely N-dealkylation sites (N-methyl/N-ethyl adjacent to an activating group) is 1. The zero-order valence-electron chi connectivity index (χ0n) is 27.7. The first-order chi connectivity index (χ1) is 23.2. The van der Waals surface area contributed by atoms with E-state index < -0.39 is 24.2 Å². The number of fused-ring (bicyclic) bond motifs is 2. The fourth-order valence-electron chi connectivity index (χ4n) is 6.35. The van der Waals surface area contributed by atoms with Crippen LogP contribution in [-0.4, -0.2) is 53.0 Å². The average Bonchev–Trinajstić information content (AvgIpc) is 3.52. The van der Waals surface area contributed by atoms with Gasteiger partial charge in [-0.2, -0.15) is 10.4 Å². The molecule has 0 radical (unpaired) electrons. The number of benzene rings is 4. The van der Waals surface area contributed by atoms with Crippen LogP contribution in [0, 0.1) is 11.3 Å². The molecular weight excluding hydrogens is 638 g/mol. The van der Waals surface area contributed by atoms with E-state index in [4.69, 9.17) is 5.10 Å². The number of aromatic amines is 1. The highest BCUT2D eigenvalue weighted by Gasteiger charge is 2.44. The molecule has 2 heterocycles. The number of H-pyrrole nitrogens is 1. The van der Waals surface area contributed by atoms with Gasteiger partial charge in [0.25, 0.3) is 5.91 Å². The van der Waals surface area contributed by atoms with Gasteiger partial charge in [-0.3, -0.25) is 24.4 Å². The van der Waals surface area contributed by atoms with Gasteiger partial charge in [-0.15, -0.1) is 12.4 Å². The Kier molecular flexibility index (Phi) is 10.5. The maximum absolute atomic E-state index is 15.2. The number of nitriles is 1. The predicted octanol–water partition coefficient (Wildman–Crippen LogP) is 5.68. The molecule has 0 spiro atoms. The zero-order chi connectivity index (χ0) is 33.9. The highest BCUT2D eigenvalue weighted by atomic mass is 35.5. The normalized spacial score (nSPS) is 16.9. The van der Waals surface area contributed by atoms with Crippen molar-refractivity contribution in [1.82, 2.24) is 20.8 Å². The maximum atomic E-state index is 15.2. The lowest BCUT2D eigenvalue weighted by molar-refractivity contribution is -0.129. The van der Waals surface area contributed by atoms with Gasteiger partial charge in [0.05, 0.1) is 46.3 Å². The first kappa shape index (κ1) is 34.8. The standard InChI is InChI=1S/C38H37N7O3.ClH/c1-23(40-4)37(47)41-34-24(2)44(22-26-17-19-27(20-18-26)25(3)46)32-15-9-10-16-33(32)45(38(34)48)36(29-12-6-5-11-28(29)21-39)35-30-13-7-8-14-31(30)42-43-35;/h5-20,23-24,34,36,40H,22H2,1-4H3,(H,41,47)(H,42,43);1H/t23?,24-,34-,36-;/m0./s1. The summed E-state index contributed by atoms with van der Waals surface area (Å²) in [5.41, 5.74) is 5.30. The fraction of sp³-hybridized carbons (Fsp3) is 0.237. The van der Waals surface area contributed by atoms with Gasteiger partial charge in [0.15, 0.2) is 5.78 Å². The molecule has 2 amide bonds. The summed E-state index contributed by atoms with van der Waals surface area (Å²) in [6, 6.07) is 29.4. The van der Waals surface area contributed by atoms with Crippen LogP contribution in [0.1, 0.15) is 59.6 Å². The SMILES string of the molecule is CNC(C)C(=O)N[C@@H]1C(=O)N([C@@H](c2ccccc2C#N)c2n[nH]c3ccccc23)c2ccccc2N(Cc2ccc(C(C)=O)cc2)[C@H]1C.Cl. The summed E-state index contributed by atoms with van der Waals surface area (Å²) < 4.78 is 0. The van der Waals surface area contributed by atoms with Gasteiger partial charge >= 0.3 is 0 Å². The van der Waals surface area contributed by atoms with Crippen LogP contribution in [0.25, 0.3) is 10.9 Å². The quantitative estimate of drug-likeness (QED) is 0.171. The van der Waals surface area contributed by atoms with Gasteiger partial charge in [0.2, 0.25) is 5.91 Å². The molecule has 0 saturated heterocycles. The van der Waals surface area contributed by atoms with Gasteiger partial charge in [-0.05, 0) is 63.2 Å². The molecule has 0 aliphatic carbocycles. The molecule has 1 aromatic heterocycles. The Balaban J connectivity index is 0.00000468. The van der Waals surface area contributed by atoms with Crippen molar-refractivity contribution in [3.8, 4) is 6.07 Å². The van der Waals surface area contributed by atoms with E-state index in [1.165, 1.54) is 6.92 Å². The minimum Gasteiger partial charge on any atom is -0.360 e. The molecule has 1 unspecified atom stereocenters. The third-order valence-electron chi connectivity index (χ3n) is 9.16. The van der Waals surface area contributed by atoms with Crippen LogP contribution in [-0.2, 0) is 16.1 Å². The van der Waals surface area contributed by atoms with Gasteiger partial charge in [-0.25, -0.2) is 0 Å². The Morgan fingerprint density at radius 2 is 1.61 bits per heavy atom. The molecule has 0 bridgehead atoms. The van der Waals surface area contributed by atoms with Gasteiger partial charge in [0.1, 0.15) is 12.1 Å². The summed E-state index contributed by atoms with van der Waals surface area (Å²) in [5.74, 6) is -0.684. The van der Waals surface area contributed by atoms with Crippen molar-refractivity contribution in [3.05, 3.63) is 125 Å². The third-order valence-corrected chi connectivity index (χ3v) is 9.16. The second kappa shape index (κ2) is 14.7. The second-order valence-corrected chi connectivity index (χ2v) is 12.1. The summed E-state index contributed by atoms with van der Waals surface area (Å²) in [6.07, 6.45) is 0. The summed E-state index contributed by atoms with van der Waals surface area (Å²) in [6.45, 7) is 5.60. The highest BCUT2D eigenvalue weighted by molar-refractivity contribution is 6.06. The number of para-hydroxylation sites is 3. The molecule has 4 atom stereocenters. The van der Waals surface area contributed by atoms with Crippen molar-refractivity contribution < 1.29 is 14.4 Å². The van der Waals surface area contributed by atoms with Crippen LogP contribution < -0.4 is 20.4 Å². The Bertz CT molecular complexity index is 2040. The van der Waals surface area contributed by atoms with Crippen LogP contribution in [0.15, 0.2) is 97.1 Å². The Morgan fingerprint density at radius 3 is 2.31 bits per heavy atom. The summed E-state index contributed by atoms with van der Waals surface area (Å²) in [4.78, 5) is 44.5. The zero-order valence-corrected chi connectivity index (χ0v) is 28.5. The number of anilines is 2. The van der Waals surface area contributed by atoms with Crippen molar-refractivity contribution in [2.75, 3.05) is 16.8 Å². The number of carbonyl (C=O) groups is 3. The van der Waals surface area contributed by atoms with Gasteiger partial charge in [0, 0.05) is 17.5 Å². The molecule has 0 fully saturated rings. The Hall–Kier alpha value is -5.50. The molecule has 6 rings (SSSR count). The lowest BCUT2D eigenvalue weighted by Crippen LogP contribution is -2.59. The van der Waals surface area contributed by atoms with E-state index in [1.54, 1.807) is 43.1 Å². The van der Waals surface area contributed by atoms with Crippen molar-refractivity contribution in [1.29, 1.82) is 5.26 Å². The van der Waals surface area contributed by atoms with E-state index in [-0.39, 0.29) is 30.0 Å². The molecule has 10 nitrogen and oxygen atoms in total. The molecular formula is C38H38ClN7O3. The molecule has 5 aromatic rings. The van der Waals surface area contributed by atoms with Gasteiger partial charge in [-0.1, -0.05) is 72.8 Å². The van der Waals surface area contributed by atoms with Crippen LogP contribution in [0.3, 0.4) is 0 Å². The van der Waals surface area contributed by atoms with Crippen LogP contribution >= 0.6 is 12.4 Å². The predicted molar refractivity (Wildman–Crippen MR) is 193 cm³/mol. The summed E-state index contributed by atoms with van der Waals surface area (Å²) in [7, 11) is 1.69. The molecule has 3 N–H and O–H groups in total. The average molecular weight is 676 g/mol. The lowest BCUT2D eigenvalue weighted by atomic mass is 9.93. The number of rotatable bonds is 9. The number of hydrogen-bond acceptors (Lipinski definition) is 7. The summed E-state index contributed by atoms with van der Waals surface area (Å²) in [5, 5.41) is 25.0. The molecule has 49 heavy (non-hydrogen) atoms. The fourth-order valence-corrected chi connectivity index (χ4v) is 6.35. The number of ketones is 1. The number of halogens is 1. The first-order valence-corrected chi connectivity index (χ1v) is 15.9. The Labute approximate surface area is 291 Å². The van der Waals surface area contributed by atoms with Crippen molar-refractivity contribution in [3.63, 3.8) is 0 Å². The van der Waals surface area contributed by atoms with E-state index in [1.807, 2.05) is 79.7 Å². The largest absolute Gasteiger partial charge is 0.360 e. The lowest BCUT2D eigenvalue weighted by Gasteiger charge is -2.35. The monoisotopic (exact) mass is 675 g/mol. The number of hydrogen-bond donors (Lipinski definition) is 3. The number of carbonyl (C=O) groups excluding carboxylic acids is 3. The molecule has 250 valence electrons. The Morgan fingerprint density at radius 1 is 0.959 bits per heavy atom. The van der Waals surface area contributed by atoms with Crippen LogP contribution in [0.5, 0.6) is 0 Å². The first-order valence-electron chi connectivity index (χ1n) is 15.9. The topological polar surface area (TPSA) is 134 Å². The minimum atomic E-state index is -0.987. The number of aromatic nitrogens is 2. The molecule has 1 aliphatic rings. The maximum Gasteiger partial charge on any atom is 0.252 e. The molecule has 4 aromatic carbocycles. The van der Waals surface area contributed by atoms with Gasteiger partial charge < -0.3 is 15.5 Å². The van der Waals surface area contributed by atoms with E-state index >= 15 is 4.79 Å². The van der Waals surface area contributed by atoms with Crippen LogP contribution in [0.4, 0.5) is 11.4 Å². The van der Waals surface area contributed by atoms with E-state index in [0.29, 0.717) is 34.6 Å². The molecule has 1 aliphatic heterocycles. The van der Waals surface area contributed by atoms with Crippen LogP contribution in [0.2, 0.25) is 0 Å².